The van der Waals surface area contributed by atoms with Gasteiger partial charge >= 0.3 is 5.97 Å². The van der Waals surface area contributed by atoms with Crippen LogP contribution in [0.15, 0.2) is 42.6 Å². The molecule has 1 atom stereocenters. The van der Waals surface area contributed by atoms with E-state index in [1.54, 1.807) is 29.7 Å². The summed E-state index contributed by atoms with van der Waals surface area (Å²) >= 11 is 0. The van der Waals surface area contributed by atoms with Crippen molar-refractivity contribution in [3.05, 3.63) is 65.1 Å². The van der Waals surface area contributed by atoms with Gasteiger partial charge in [0.25, 0.3) is 5.91 Å². The number of carbonyl (C=O) groups is 2. The van der Waals surface area contributed by atoms with Crippen LogP contribution < -0.4 is 10.1 Å². The summed E-state index contributed by atoms with van der Waals surface area (Å²) in [6.07, 6.45) is 2.40. The first-order valence-corrected chi connectivity index (χ1v) is 9.20. The Hall–Kier alpha value is -3.35. The molecule has 1 amide bonds. The van der Waals surface area contributed by atoms with E-state index in [-0.39, 0.29) is 17.5 Å². The van der Waals surface area contributed by atoms with Crippen LogP contribution in [0.4, 0.5) is 0 Å². The molecule has 1 aromatic carbocycles. The lowest BCUT2D eigenvalue weighted by Gasteiger charge is -2.18. The van der Waals surface area contributed by atoms with Crippen molar-refractivity contribution in [1.82, 2.24) is 14.7 Å². The highest BCUT2D eigenvalue weighted by atomic mass is 16.5. The Morgan fingerprint density at radius 3 is 2.71 bits per heavy atom. The van der Waals surface area contributed by atoms with Gasteiger partial charge in [-0.1, -0.05) is 19.1 Å². The predicted molar refractivity (Wildman–Crippen MR) is 105 cm³/mol. The van der Waals surface area contributed by atoms with Crippen LogP contribution in [-0.4, -0.2) is 33.0 Å². The Bertz CT molecular complexity index is 1030. The number of fused-ring (bicyclic) bond motifs is 1. The van der Waals surface area contributed by atoms with Crippen molar-refractivity contribution in [2.75, 3.05) is 6.61 Å². The zero-order valence-corrected chi connectivity index (χ0v) is 16.1. The molecule has 0 radical (unpaired) electrons. The third kappa shape index (κ3) is 3.69. The van der Waals surface area contributed by atoms with Crippen molar-refractivity contribution >= 4 is 17.5 Å². The third-order valence-electron chi connectivity index (χ3n) is 4.55. The number of imidazole rings is 1. The number of carboxylic acids is 1. The monoisotopic (exact) mass is 381 g/mol. The van der Waals surface area contributed by atoms with E-state index in [4.69, 9.17) is 4.74 Å². The number of aromatic carboxylic acids is 1. The number of amides is 1. The molecule has 146 valence electrons. The summed E-state index contributed by atoms with van der Waals surface area (Å²) in [4.78, 5) is 28.8. The van der Waals surface area contributed by atoms with E-state index in [2.05, 4.69) is 10.3 Å². The molecule has 3 aromatic rings. The van der Waals surface area contributed by atoms with Crippen LogP contribution in [-0.2, 0) is 0 Å². The zero-order chi connectivity index (χ0) is 20.3. The second-order valence-corrected chi connectivity index (χ2v) is 6.41. The molecule has 28 heavy (non-hydrogen) atoms. The highest BCUT2D eigenvalue weighted by Crippen LogP contribution is 2.24. The van der Waals surface area contributed by atoms with Crippen LogP contribution in [0.2, 0.25) is 0 Å². The Labute approximate surface area is 163 Å². The van der Waals surface area contributed by atoms with E-state index in [1.807, 2.05) is 32.0 Å². The average Bonchev–Trinajstić information content (AvgIpc) is 3.03. The molecule has 2 heterocycles. The summed E-state index contributed by atoms with van der Waals surface area (Å²) in [6.45, 7) is 6.12. The standard InChI is InChI=1S/C21H23N3O4/c1-4-16(14-8-6-9-15(12-14)21(26)27)23-20(25)18-13(3)22-19-17(28-5-2)10-7-11-24(18)19/h6-12,16H,4-5H2,1-3H3,(H,23,25)(H,26,27)/t16-/m0/s1. The number of hydrogen-bond donors (Lipinski definition) is 2. The Balaban J connectivity index is 1.94. The molecule has 2 N–H and O–H groups in total. The lowest BCUT2D eigenvalue weighted by molar-refractivity contribution is 0.0696. The van der Waals surface area contributed by atoms with Gasteiger partial charge in [0.05, 0.1) is 23.9 Å². The zero-order valence-electron chi connectivity index (χ0n) is 16.1. The molecule has 0 saturated heterocycles. The number of pyridine rings is 1. The minimum absolute atomic E-state index is 0.192. The van der Waals surface area contributed by atoms with Gasteiger partial charge in [0.2, 0.25) is 0 Å². The van der Waals surface area contributed by atoms with Crippen LogP contribution in [0, 0.1) is 6.92 Å². The Morgan fingerprint density at radius 1 is 1.25 bits per heavy atom. The van der Waals surface area contributed by atoms with Crippen molar-refractivity contribution in [2.45, 2.75) is 33.2 Å². The SMILES string of the molecule is CCOc1cccn2c(C(=O)N[C@@H](CC)c3cccc(C(=O)O)c3)c(C)nc12. The van der Waals surface area contributed by atoms with Crippen molar-refractivity contribution in [1.29, 1.82) is 0 Å². The van der Waals surface area contributed by atoms with Crippen LogP contribution in [0.25, 0.3) is 5.65 Å². The van der Waals surface area contributed by atoms with Gasteiger partial charge in [-0.25, -0.2) is 9.78 Å². The predicted octanol–water partition coefficient (Wildman–Crippen LogP) is 3.62. The second-order valence-electron chi connectivity index (χ2n) is 6.41. The van der Waals surface area contributed by atoms with Crippen molar-refractivity contribution < 1.29 is 19.4 Å². The van der Waals surface area contributed by atoms with E-state index in [9.17, 15) is 14.7 Å². The number of nitrogens with one attached hydrogen (secondary N) is 1. The molecular weight excluding hydrogens is 358 g/mol. The molecule has 0 unspecified atom stereocenters. The van der Waals surface area contributed by atoms with Crippen LogP contribution in [0.3, 0.4) is 0 Å². The van der Waals surface area contributed by atoms with E-state index < -0.39 is 5.97 Å². The van der Waals surface area contributed by atoms with Crippen molar-refractivity contribution in [2.24, 2.45) is 0 Å². The molecule has 0 bridgehead atoms. The molecule has 7 heteroatoms. The van der Waals surface area contributed by atoms with Crippen LogP contribution >= 0.6 is 0 Å². The quantitative estimate of drug-likeness (QED) is 0.652. The summed E-state index contributed by atoms with van der Waals surface area (Å²) in [5.74, 6) is -0.649. The Kier molecular flexibility index (Phi) is 5.63. The van der Waals surface area contributed by atoms with Crippen molar-refractivity contribution in [3.8, 4) is 5.75 Å². The number of ether oxygens (including phenoxy) is 1. The number of carbonyl (C=O) groups excluding carboxylic acids is 1. The first-order valence-electron chi connectivity index (χ1n) is 9.20. The lowest BCUT2D eigenvalue weighted by atomic mass is 10.0. The van der Waals surface area contributed by atoms with Crippen molar-refractivity contribution in [3.63, 3.8) is 0 Å². The molecule has 0 saturated carbocycles. The molecule has 0 spiro atoms. The van der Waals surface area contributed by atoms with E-state index in [0.717, 1.165) is 5.56 Å². The number of aryl methyl sites for hydroxylation is 1. The minimum atomic E-state index is -0.996. The van der Waals surface area contributed by atoms with Gasteiger partial charge in [0.15, 0.2) is 11.4 Å². The summed E-state index contributed by atoms with van der Waals surface area (Å²) in [6, 6.07) is 9.93. The molecule has 0 fully saturated rings. The molecule has 0 aliphatic heterocycles. The van der Waals surface area contributed by atoms with Gasteiger partial charge in [-0.2, -0.15) is 0 Å². The fourth-order valence-corrected chi connectivity index (χ4v) is 3.23. The molecule has 2 aromatic heterocycles. The topological polar surface area (TPSA) is 92.9 Å². The van der Waals surface area contributed by atoms with E-state index in [0.29, 0.717) is 35.8 Å². The fraction of sp³-hybridized carbons (Fsp3) is 0.286. The van der Waals surface area contributed by atoms with E-state index in [1.165, 1.54) is 6.07 Å². The van der Waals surface area contributed by atoms with E-state index >= 15 is 0 Å². The van der Waals surface area contributed by atoms with Gasteiger partial charge in [0.1, 0.15) is 5.69 Å². The first kappa shape index (κ1) is 19.4. The summed E-state index contributed by atoms with van der Waals surface area (Å²) < 4.78 is 7.32. The maximum atomic E-state index is 13.0. The van der Waals surface area contributed by atoms with Gasteiger partial charge in [-0.05, 0) is 50.1 Å². The molecular formula is C21H23N3O4. The minimum Gasteiger partial charge on any atom is -0.490 e. The molecule has 0 aliphatic carbocycles. The molecule has 3 rings (SSSR count). The number of benzene rings is 1. The highest BCUT2D eigenvalue weighted by Gasteiger charge is 2.22. The summed E-state index contributed by atoms with van der Waals surface area (Å²) in [5, 5.41) is 12.2. The van der Waals surface area contributed by atoms with Gasteiger partial charge in [-0.3, -0.25) is 9.20 Å². The smallest absolute Gasteiger partial charge is 0.335 e. The number of rotatable bonds is 7. The lowest BCUT2D eigenvalue weighted by Crippen LogP contribution is -2.29. The second kappa shape index (κ2) is 8.12. The highest BCUT2D eigenvalue weighted by molar-refractivity contribution is 5.95. The maximum absolute atomic E-state index is 13.0. The summed E-state index contributed by atoms with van der Waals surface area (Å²) in [5.41, 5.74) is 2.56. The Morgan fingerprint density at radius 2 is 2.04 bits per heavy atom. The normalized spacial score (nSPS) is 12.0. The largest absolute Gasteiger partial charge is 0.490 e. The molecule has 0 aliphatic rings. The third-order valence-corrected chi connectivity index (χ3v) is 4.55. The van der Waals surface area contributed by atoms with Crippen LogP contribution in [0.1, 0.15) is 58.4 Å². The van der Waals surface area contributed by atoms with Crippen LogP contribution in [0.5, 0.6) is 5.75 Å². The molecule has 7 nitrogen and oxygen atoms in total. The number of aromatic nitrogens is 2. The number of carboxylic acid groups (broad SMARTS) is 1. The summed E-state index contributed by atoms with van der Waals surface area (Å²) in [7, 11) is 0. The van der Waals surface area contributed by atoms with Gasteiger partial charge < -0.3 is 15.2 Å². The first-order chi connectivity index (χ1) is 13.5. The number of hydrogen-bond acceptors (Lipinski definition) is 4. The van der Waals surface area contributed by atoms with Gasteiger partial charge in [0, 0.05) is 6.20 Å². The van der Waals surface area contributed by atoms with Gasteiger partial charge in [-0.15, -0.1) is 0 Å². The number of nitrogens with zero attached hydrogens (tertiary/aromatic N) is 2. The fourth-order valence-electron chi connectivity index (χ4n) is 3.23. The average molecular weight is 381 g/mol. The maximum Gasteiger partial charge on any atom is 0.335 e.